The lowest BCUT2D eigenvalue weighted by atomic mass is 9.86. The highest BCUT2D eigenvalue weighted by Crippen LogP contribution is 2.49. The zero-order valence-electron chi connectivity index (χ0n) is 14.6. The Hall–Kier alpha value is -1.49. The molecule has 1 aliphatic heterocycles. The number of piperazine rings is 1. The zero-order valence-corrected chi connectivity index (χ0v) is 14.6. The van der Waals surface area contributed by atoms with E-state index in [1.165, 1.54) is 25.7 Å². The van der Waals surface area contributed by atoms with E-state index in [1.807, 2.05) is 4.90 Å². The molecular formula is C20H26F2N2O. The number of carbonyl (C=O) groups is 1. The summed E-state index contributed by atoms with van der Waals surface area (Å²) in [6.07, 6.45) is 5.97. The molecule has 1 aromatic rings. The average molecular weight is 348 g/mol. The Morgan fingerprint density at radius 1 is 1.08 bits per heavy atom. The number of amides is 1. The van der Waals surface area contributed by atoms with Gasteiger partial charge in [0, 0.05) is 44.7 Å². The number of carbonyl (C=O) groups excluding carboxylic acids is 1. The van der Waals surface area contributed by atoms with Gasteiger partial charge in [0.1, 0.15) is 0 Å². The van der Waals surface area contributed by atoms with Gasteiger partial charge < -0.3 is 4.90 Å². The summed E-state index contributed by atoms with van der Waals surface area (Å²) in [5, 5.41) is 0. The molecule has 25 heavy (non-hydrogen) atoms. The van der Waals surface area contributed by atoms with Gasteiger partial charge >= 0.3 is 0 Å². The topological polar surface area (TPSA) is 23.6 Å². The van der Waals surface area contributed by atoms with Crippen LogP contribution in [0.1, 0.15) is 37.7 Å². The monoisotopic (exact) mass is 348 g/mol. The minimum Gasteiger partial charge on any atom is -0.340 e. The molecule has 2 bridgehead atoms. The largest absolute Gasteiger partial charge is 0.340 e. The van der Waals surface area contributed by atoms with Crippen molar-refractivity contribution >= 4 is 5.91 Å². The SMILES string of the molecule is O=C(CC1CC2CCC1C2)N1CCN(Cc2cccc(F)c2F)CC1. The second-order valence-corrected chi connectivity index (χ2v) is 8.01. The van der Waals surface area contributed by atoms with E-state index < -0.39 is 11.6 Å². The molecule has 0 radical (unpaired) electrons. The molecule has 2 saturated carbocycles. The smallest absolute Gasteiger partial charge is 0.222 e. The normalized spacial score (nSPS) is 29.4. The minimum absolute atomic E-state index is 0.286. The van der Waals surface area contributed by atoms with Crippen molar-refractivity contribution in [3.05, 3.63) is 35.4 Å². The van der Waals surface area contributed by atoms with Gasteiger partial charge in [-0.25, -0.2) is 8.78 Å². The number of fused-ring (bicyclic) bond motifs is 2. The predicted molar refractivity (Wildman–Crippen MR) is 91.8 cm³/mol. The average Bonchev–Trinajstić information content (AvgIpc) is 3.22. The van der Waals surface area contributed by atoms with Gasteiger partial charge in [0.05, 0.1) is 0 Å². The first-order valence-electron chi connectivity index (χ1n) is 9.53. The molecule has 3 nitrogen and oxygen atoms in total. The van der Waals surface area contributed by atoms with Crippen LogP contribution in [0.2, 0.25) is 0 Å². The molecule has 3 fully saturated rings. The highest BCUT2D eigenvalue weighted by atomic mass is 19.2. The van der Waals surface area contributed by atoms with E-state index in [0.29, 0.717) is 37.5 Å². The van der Waals surface area contributed by atoms with Crippen LogP contribution in [0.5, 0.6) is 0 Å². The van der Waals surface area contributed by atoms with E-state index in [9.17, 15) is 13.6 Å². The number of rotatable bonds is 4. The third kappa shape index (κ3) is 3.57. The third-order valence-electron chi connectivity index (χ3n) is 6.47. The molecule has 3 atom stereocenters. The summed E-state index contributed by atoms with van der Waals surface area (Å²) < 4.78 is 27.1. The summed E-state index contributed by atoms with van der Waals surface area (Å²) in [4.78, 5) is 16.7. The summed E-state index contributed by atoms with van der Waals surface area (Å²) in [5.41, 5.74) is 0.391. The van der Waals surface area contributed by atoms with Crippen LogP contribution >= 0.6 is 0 Å². The Balaban J connectivity index is 1.26. The van der Waals surface area contributed by atoms with Gasteiger partial charge in [-0.2, -0.15) is 0 Å². The van der Waals surface area contributed by atoms with Crippen molar-refractivity contribution in [1.29, 1.82) is 0 Å². The van der Waals surface area contributed by atoms with E-state index >= 15 is 0 Å². The zero-order chi connectivity index (χ0) is 17.4. The molecule has 136 valence electrons. The quantitative estimate of drug-likeness (QED) is 0.832. The number of hydrogen-bond acceptors (Lipinski definition) is 2. The van der Waals surface area contributed by atoms with E-state index in [-0.39, 0.29) is 5.91 Å². The molecule has 1 aromatic carbocycles. The maximum Gasteiger partial charge on any atom is 0.222 e. The van der Waals surface area contributed by atoms with Gasteiger partial charge in [0.25, 0.3) is 0 Å². The van der Waals surface area contributed by atoms with E-state index in [1.54, 1.807) is 12.1 Å². The minimum atomic E-state index is -0.794. The van der Waals surface area contributed by atoms with Gasteiger partial charge in [-0.3, -0.25) is 9.69 Å². The Kier molecular flexibility index (Phi) is 4.76. The van der Waals surface area contributed by atoms with Crippen molar-refractivity contribution in [3.8, 4) is 0 Å². The Labute approximate surface area is 148 Å². The van der Waals surface area contributed by atoms with Crippen LogP contribution in [0.15, 0.2) is 18.2 Å². The van der Waals surface area contributed by atoms with Gasteiger partial charge in [0.2, 0.25) is 5.91 Å². The third-order valence-corrected chi connectivity index (χ3v) is 6.47. The van der Waals surface area contributed by atoms with Crippen molar-refractivity contribution < 1.29 is 13.6 Å². The highest BCUT2D eigenvalue weighted by molar-refractivity contribution is 5.76. The van der Waals surface area contributed by atoms with Gasteiger partial charge in [-0.15, -0.1) is 0 Å². The second-order valence-electron chi connectivity index (χ2n) is 8.01. The fourth-order valence-corrected chi connectivity index (χ4v) is 5.05. The lowest BCUT2D eigenvalue weighted by Gasteiger charge is -2.35. The number of benzene rings is 1. The second kappa shape index (κ2) is 7.02. The molecule has 0 spiro atoms. The first-order valence-corrected chi connectivity index (χ1v) is 9.53. The first-order chi connectivity index (χ1) is 12.1. The molecule has 1 saturated heterocycles. The van der Waals surface area contributed by atoms with Crippen LogP contribution in [0.4, 0.5) is 8.78 Å². The standard InChI is InChI=1S/C20H26F2N2O/c21-18-3-1-2-16(20(18)22)13-23-6-8-24(9-7-23)19(25)12-17-11-14-4-5-15(17)10-14/h1-3,14-15,17H,4-13H2. The van der Waals surface area contributed by atoms with Gasteiger partial charge in [-0.05, 0) is 43.1 Å². The number of hydrogen-bond donors (Lipinski definition) is 0. The van der Waals surface area contributed by atoms with Crippen molar-refractivity contribution in [1.82, 2.24) is 9.80 Å². The molecular weight excluding hydrogens is 322 g/mol. The molecule has 2 aliphatic carbocycles. The molecule has 3 aliphatic rings. The molecule has 1 amide bonds. The molecule has 5 heteroatoms. The molecule has 4 rings (SSSR count). The van der Waals surface area contributed by atoms with E-state index in [4.69, 9.17) is 0 Å². The van der Waals surface area contributed by atoms with Crippen molar-refractivity contribution in [3.63, 3.8) is 0 Å². The molecule has 3 unspecified atom stereocenters. The Morgan fingerprint density at radius 2 is 1.88 bits per heavy atom. The van der Waals surface area contributed by atoms with Crippen LogP contribution in [-0.4, -0.2) is 41.9 Å². The van der Waals surface area contributed by atoms with Gasteiger partial charge in [0.15, 0.2) is 11.6 Å². The van der Waals surface area contributed by atoms with Gasteiger partial charge in [-0.1, -0.05) is 18.6 Å². The molecule has 1 heterocycles. The van der Waals surface area contributed by atoms with E-state index in [2.05, 4.69) is 4.90 Å². The van der Waals surface area contributed by atoms with Crippen LogP contribution in [0, 0.1) is 29.4 Å². The van der Waals surface area contributed by atoms with Crippen LogP contribution in [0.25, 0.3) is 0 Å². The fraction of sp³-hybridized carbons (Fsp3) is 0.650. The predicted octanol–water partition coefficient (Wildman–Crippen LogP) is 3.44. The fourth-order valence-electron chi connectivity index (χ4n) is 5.05. The Morgan fingerprint density at radius 3 is 2.56 bits per heavy atom. The van der Waals surface area contributed by atoms with Crippen molar-refractivity contribution in [2.45, 2.75) is 38.6 Å². The van der Waals surface area contributed by atoms with Crippen molar-refractivity contribution in [2.24, 2.45) is 17.8 Å². The maximum atomic E-state index is 13.8. The first kappa shape index (κ1) is 17.0. The summed E-state index contributed by atoms with van der Waals surface area (Å²) in [5.74, 6) is 1.00. The lowest BCUT2D eigenvalue weighted by molar-refractivity contribution is -0.134. The van der Waals surface area contributed by atoms with Crippen LogP contribution in [-0.2, 0) is 11.3 Å². The van der Waals surface area contributed by atoms with Crippen LogP contribution < -0.4 is 0 Å². The summed E-state index contributed by atoms with van der Waals surface area (Å²) >= 11 is 0. The summed E-state index contributed by atoms with van der Waals surface area (Å²) in [7, 11) is 0. The van der Waals surface area contributed by atoms with Crippen molar-refractivity contribution in [2.75, 3.05) is 26.2 Å². The van der Waals surface area contributed by atoms with E-state index in [0.717, 1.165) is 31.0 Å². The molecule has 0 aromatic heterocycles. The molecule has 0 N–H and O–H groups in total. The number of halogens is 2. The summed E-state index contributed by atoms with van der Waals surface area (Å²) in [6.45, 7) is 3.22. The lowest BCUT2D eigenvalue weighted by Crippen LogP contribution is -2.48. The number of nitrogens with zero attached hydrogens (tertiary/aromatic N) is 2. The maximum absolute atomic E-state index is 13.8. The Bertz CT molecular complexity index is 643. The summed E-state index contributed by atoms with van der Waals surface area (Å²) in [6, 6.07) is 4.32. The van der Waals surface area contributed by atoms with Crippen LogP contribution in [0.3, 0.4) is 0 Å². The highest BCUT2D eigenvalue weighted by Gasteiger charge is 2.40.